The molecule has 1 aliphatic heterocycles. The monoisotopic (exact) mass is 246 g/mol. The highest BCUT2D eigenvalue weighted by Crippen LogP contribution is 2.07. The van der Waals surface area contributed by atoms with E-state index in [0.29, 0.717) is 6.54 Å². The molecule has 0 aromatic carbocycles. The van der Waals surface area contributed by atoms with Gasteiger partial charge in [0.15, 0.2) is 0 Å². The van der Waals surface area contributed by atoms with E-state index in [9.17, 15) is 4.79 Å². The van der Waals surface area contributed by atoms with Gasteiger partial charge >= 0.3 is 0 Å². The van der Waals surface area contributed by atoms with Crippen LogP contribution in [0.4, 0.5) is 0 Å². The smallest absolute Gasteiger partial charge is 0.254 e. The molecule has 0 unspecified atom stereocenters. The summed E-state index contributed by atoms with van der Waals surface area (Å²) in [6.45, 7) is 2.46. The molecule has 1 aliphatic rings. The lowest BCUT2D eigenvalue weighted by molar-refractivity contribution is -0.122. The van der Waals surface area contributed by atoms with Gasteiger partial charge in [0.05, 0.1) is 12.8 Å². The lowest BCUT2D eigenvalue weighted by Gasteiger charge is -2.25. The van der Waals surface area contributed by atoms with E-state index in [0.717, 1.165) is 18.7 Å². The number of nitrogens with one attached hydrogen (secondary N) is 1. The molecule has 2 rings (SSSR count). The molecule has 0 aliphatic carbocycles. The summed E-state index contributed by atoms with van der Waals surface area (Å²) in [5, 5.41) is 3.92. The van der Waals surface area contributed by atoms with E-state index in [1.54, 1.807) is 18.6 Å². The van der Waals surface area contributed by atoms with Crippen LogP contribution < -0.4 is 5.43 Å². The zero-order valence-corrected chi connectivity index (χ0v) is 10.4. The Kier molecular flexibility index (Phi) is 4.84. The SMILES string of the molecule is O=C(CN1CCCCC1)N/N=C/c1cccnc1. The van der Waals surface area contributed by atoms with Crippen molar-refractivity contribution in [2.75, 3.05) is 19.6 Å². The third kappa shape index (κ3) is 4.25. The second kappa shape index (κ2) is 6.86. The summed E-state index contributed by atoms with van der Waals surface area (Å²) >= 11 is 0. The van der Waals surface area contributed by atoms with Crippen LogP contribution >= 0.6 is 0 Å². The maximum Gasteiger partial charge on any atom is 0.254 e. The summed E-state index contributed by atoms with van der Waals surface area (Å²) in [6.07, 6.45) is 8.64. The lowest BCUT2D eigenvalue weighted by Crippen LogP contribution is -2.38. The zero-order valence-electron chi connectivity index (χ0n) is 10.4. The minimum Gasteiger partial charge on any atom is -0.294 e. The molecule has 1 aromatic heterocycles. The number of likely N-dealkylation sites (tertiary alicyclic amines) is 1. The third-order valence-electron chi connectivity index (χ3n) is 2.90. The topological polar surface area (TPSA) is 57.6 Å². The first-order chi connectivity index (χ1) is 8.84. The Balaban J connectivity index is 1.72. The van der Waals surface area contributed by atoms with Gasteiger partial charge in [-0.1, -0.05) is 12.5 Å². The summed E-state index contributed by atoms with van der Waals surface area (Å²) in [6, 6.07) is 3.71. The Hall–Kier alpha value is -1.75. The van der Waals surface area contributed by atoms with Gasteiger partial charge in [-0.25, -0.2) is 5.43 Å². The van der Waals surface area contributed by atoms with Crippen molar-refractivity contribution in [1.82, 2.24) is 15.3 Å². The molecule has 5 heteroatoms. The number of pyridine rings is 1. The highest BCUT2D eigenvalue weighted by atomic mass is 16.2. The fourth-order valence-corrected chi connectivity index (χ4v) is 1.99. The number of hydrogen-bond donors (Lipinski definition) is 1. The van der Waals surface area contributed by atoms with Gasteiger partial charge in [-0.2, -0.15) is 5.10 Å². The third-order valence-corrected chi connectivity index (χ3v) is 2.90. The van der Waals surface area contributed by atoms with E-state index < -0.39 is 0 Å². The summed E-state index contributed by atoms with van der Waals surface area (Å²) in [7, 11) is 0. The number of rotatable bonds is 4. The fourth-order valence-electron chi connectivity index (χ4n) is 1.99. The Bertz CT molecular complexity index is 399. The highest BCUT2D eigenvalue weighted by molar-refractivity contribution is 5.82. The summed E-state index contributed by atoms with van der Waals surface area (Å²) in [5.74, 6) is -0.0583. The maximum absolute atomic E-state index is 11.6. The van der Waals surface area contributed by atoms with Gasteiger partial charge in [-0.3, -0.25) is 14.7 Å². The van der Waals surface area contributed by atoms with E-state index in [4.69, 9.17) is 0 Å². The predicted molar refractivity (Wildman–Crippen MR) is 70.3 cm³/mol. The Morgan fingerprint density at radius 3 is 3.00 bits per heavy atom. The summed E-state index contributed by atoms with van der Waals surface area (Å²) in [5.41, 5.74) is 3.41. The average molecular weight is 246 g/mol. The molecule has 0 bridgehead atoms. The van der Waals surface area contributed by atoms with Crippen LogP contribution in [0.25, 0.3) is 0 Å². The molecular weight excluding hydrogens is 228 g/mol. The summed E-state index contributed by atoms with van der Waals surface area (Å²) < 4.78 is 0. The van der Waals surface area contributed by atoms with Gasteiger partial charge in [0.2, 0.25) is 0 Å². The van der Waals surface area contributed by atoms with Gasteiger partial charge in [0, 0.05) is 18.0 Å². The van der Waals surface area contributed by atoms with Crippen LogP contribution in [0.1, 0.15) is 24.8 Å². The lowest BCUT2D eigenvalue weighted by atomic mass is 10.1. The molecule has 0 radical (unpaired) electrons. The van der Waals surface area contributed by atoms with Gasteiger partial charge in [-0.05, 0) is 32.0 Å². The number of carbonyl (C=O) groups is 1. The van der Waals surface area contributed by atoms with Gasteiger partial charge in [-0.15, -0.1) is 0 Å². The van der Waals surface area contributed by atoms with Crippen LogP contribution in [0.5, 0.6) is 0 Å². The Labute approximate surface area is 107 Å². The number of hydrogen-bond acceptors (Lipinski definition) is 4. The van der Waals surface area contributed by atoms with Crippen LogP contribution in [-0.4, -0.2) is 41.6 Å². The first-order valence-corrected chi connectivity index (χ1v) is 6.29. The van der Waals surface area contributed by atoms with Crippen molar-refractivity contribution in [3.8, 4) is 0 Å². The molecular formula is C13H18N4O. The standard InChI is InChI=1S/C13H18N4O/c18-13(11-17-7-2-1-3-8-17)16-15-10-12-5-4-6-14-9-12/h4-6,9-10H,1-3,7-8,11H2,(H,16,18)/b15-10+. The van der Waals surface area contributed by atoms with E-state index in [1.807, 2.05) is 12.1 Å². The van der Waals surface area contributed by atoms with Crippen LogP contribution in [0, 0.1) is 0 Å². The predicted octanol–water partition coefficient (Wildman–Crippen LogP) is 1.02. The summed E-state index contributed by atoms with van der Waals surface area (Å²) in [4.78, 5) is 17.7. The number of nitrogens with zero attached hydrogens (tertiary/aromatic N) is 3. The van der Waals surface area contributed by atoms with Gasteiger partial charge in [0.1, 0.15) is 0 Å². The largest absolute Gasteiger partial charge is 0.294 e. The Morgan fingerprint density at radius 2 is 2.28 bits per heavy atom. The molecule has 96 valence electrons. The highest BCUT2D eigenvalue weighted by Gasteiger charge is 2.12. The molecule has 0 atom stereocenters. The molecule has 5 nitrogen and oxygen atoms in total. The fraction of sp³-hybridized carbons (Fsp3) is 0.462. The minimum absolute atomic E-state index is 0.0583. The van der Waals surface area contributed by atoms with E-state index in [2.05, 4.69) is 20.4 Å². The van der Waals surface area contributed by atoms with Crippen LogP contribution in [-0.2, 0) is 4.79 Å². The molecule has 1 fully saturated rings. The maximum atomic E-state index is 11.6. The first-order valence-electron chi connectivity index (χ1n) is 6.29. The van der Waals surface area contributed by atoms with Crippen LogP contribution in [0.2, 0.25) is 0 Å². The second-order valence-electron chi connectivity index (χ2n) is 4.42. The molecule has 1 aromatic rings. The van der Waals surface area contributed by atoms with Crippen molar-refractivity contribution in [1.29, 1.82) is 0 Å². The normalized spacial score (nSPS) is 16.9. The second-order valence-corrected chi connectivity index (χ2v) is 4.42. The molecule has 1 N–H and O–H groups in total. The van der Waals surface area contributed by atoms with Crippen molar-refractivity contribution >= 4 is 12.1 Å². The van der Waals surface area contributed by atoms with E-state index in [1.165, 1.54) is 19.3 Å². The molecule has 2 heterocycles. The zero-order chi connectivity index (χ0) is 12.6. The van der Waals surface area contributed by atoms with Crippen molar-refractivity contribution in [2.45, 2.75) is 19.3 Å². The first kappa shape index (κ1) is 12.7. The van der Waals surface area contributed by atoms with Crippen molar-refractivity contribution in [3.63, 3.8) is 0 Å². The van der Waals surface area contributed by atoms with Gasteiger partial charge in [0.25, 0.3) is 5.91 Å². The number of hydrazone groups is 1. The quantitative estimate of drug-likeness (QED) is 0.637. The molecule has 0 spiro atoms. The molecule has 18 heavy (non-hydrogen) atoms. The average Bonchev–Trinajstić information content (AvgIpc) is 2.41. The van der Waals surface area contributed by atoms with E-state index >= 15 is 0 Å². The molecule has 1 amide bonds. The Morgan fingerprint density at radius 1 is 1.44 bits per heavy atom. The van der Waals surface area contributed by atoms with Crippen LogP contribution in [0.15, 0.2) is 29.6 Å². The number of amides is 1. The molecule has 1 saturated heterocycles. The van der Waals surface area contributed by atoms with Crippen LogP contribution in [0.3, 0.4) is 0 Å². The molecule has 0 saturated carbocycles. The van der Waals surface area contributed by atoms with E-state index in [-0.39, 0.29) is 5.91 Å². The van der Waals surface area contributed by atoms with Crippen molar-refractivity contribution in [2.24, 2.45) is 5.10 Å². The van der Waals surface area contributed by atoms with Gasteiger partial charge < -0.3 is 0 Å². The number of carbonyl (C=O) groups excluding carboxylic acids is 1. The number of aromatic nitrogens is 1. The minimum atomic E-state index is -0.0583. The number of piperidine rings is 1. The van der Waals surface area contributed by atoms with Crippen molar-refractivity contribution < 1.29 is 4.79 Å². The van der Waals surface area contributed by atoms with Crippen molar-refractivity contribution in [3.05, 3.63) is 30.1 Å².